The molecular weight excluding hydrogens is 955 g/mol. The SMILES string of the molecule is CCCCC/C=C\C/C=C\CCCCCCCCCCCCC(O)C(=O)NC(COC1OC(CO)C(O)C(O)C1OC(=O)CCCCCCCCC/C=C\CCCCCC)C(O)/C=C/CCCCCCCCCCCC. The fraction of sp³-hybridized carbons (Fsp3) is 0.846. The molecule has 1 aliphatic heterocycles. The lowest BCUT2D eigenvalue weighted by molar-refractivity contribution is -0.305. The Morgan fingerprint density at radius 1 is 0.513 bits per heavy atom. The van der Waals surface area contributed by atoms with E-state index in [1.807, 2.05) is 6.08 Å². The highest BCUT2D eigenvalue weighted by Crippen LogP contribution is 2.26. The van der Waals surface area contributed by atoms with E-state index < -0.39 is 67.4 Å². The molecule has 1 aliphatic rings. The first-order valence-electron chi connectivity index (χ1n) is 31.9. The maximum absolute atomic E-state index is 13.4. The van der Waals surface area contributed by atoms with E-state index in [1.54, 1.807) is 6.08 Å². The Morgan fingerprint density at radius 3 is 1.39 bits per heavy atom. The molecule has 1 saturated heterocycles. The van der Waals surface area contributed by atoms with Gasteiger partial charge in [0.1, 0.15) is 24.4 Å². The van der Waals surface area contributed by atoms with Crippen molar-refractivity contribution in [2.75, 3.05) is 13.2 Å². The van der Waals surface area contributed by atoms with Gasteiger partial charge in [0.2, 0.25) is 5.91 Å². The van der Waals surface area contributed by atoms with Gasteiger partial charge in [-0.15, -0.1) is 0 Å². The van der Waals surface area contributed by atoms with Crippen molar-refractivity contribution < 1.29 is 49.3 Å². The second-order valence-electron chi connectivity index (χ2n) is 22.1. The molecule has 0 aromatic carbocycles. The Hall–Kier alpha value is -2.38. The number of aliphatic hydroxyl groups is 5. The number of nitrogens with one attached hydrogen (secondary N) is 1. The number of esters is 1. The summed E-state index contributed by atoms with van der Waals surface area (Å²) in [6, 6.07) is -1.02. The molecule has 0 radical (unpaired) electrons. The Balaban J connectivity index is 2.66. The van der Waals surface area contributed by atoms with Crippen molar-refractivity contribution >= 4 is 11.9 Å². The van der Waals surface area contributed by atoms with E-state index in [0.29, 0.717) is 12.8 Å². The third-order valence-electron chi connectivity index (χ3n) is 15.0. The van der Waals surface area contributed by atoms with Crippen LogP contribution in [-0.2, 0) is 23.8 Å². The number of aliphatic hydroxyl groups excluding tert-OH is 5. The fourth-order valence-electron chi connectivity index (χ4n) is 9.85. The number of hydrogen-bond donors (Lipinski definition) is 6. The molecule has 444 valence electrons. The first-order chi connectivity index (χ1) is 37.2. The molecule has 1 amide bonds. The largest absolute Gasteiger partial charge is 0.454 e. The smallest absolute Gasteiger partial charge is 0.306 e. The highest BCUT2D eigenvalue weighted by Gasteiger charge is 2.47. The minimum Gasteiger partial charge on any atom is -0.454 e. The predicted molar refractivity (Wildman–Crippen MR) is 315 cm³/mol. The quantitative estimate of drug-likeness (QED) is 0.0195. The topological polar surface area (TPSA) is 175 Å². The number of hydrogen-bond acceptors (Lipinski definition) is 10. The van der Waals surface area contributed by atoms with Gasteiger partial charge in [-0.05, 0) is 83.5 Å². The van der Waals surface area contributed by atoms with Gasteiger partial charge in [0.25, 0.3) is 0 Å². The molecule has 1 heterocycles. The summed E-state index contributed by atoms with van der Waals surface area (Å²) < 4.78 is 17.6. The zero-order chi connectivity index (χ0) is 55.4. The van der Waals surface area contributed by atoms with Crippen LogP contribution in [0, 0.1) is 0 Å². The van der Waals surface area contributed by atoms with Crippen molar-refractivity contribution in [2.24, 2.45) is 0 Å². The Kier molecular flexibility index (Phi) is 50.2. The highest BCUT2D eigenvalue weighted by molar-refractivity contribution is 5.80. The van der Waals surface area contributed by atoms with Crippen molar-refractivity contribution in [1.82, 2.24) is 5.32 Å². The third kappa shape index (κ3) is 40.8. The maximum Gasteiger partial charge on any atom is 0.306 e. The fourth-order valence-corrected chi connectivity index (χ4v) is 9.85. The summed E-state index contributed by atoms with van der Waals surface area (Å²) in [5.74, 6) is -1.19. The minimum atomic E-state index is -1.61. The van der Waals surface area contributed by atoms with Crippen LogP contribution in [0.4, 0.5) is 0 Å². The molecule has 11 heteroatoms. The summed E-state index contributed by atoms with van der Waals surface area (Å²) in [5.41, 5.74) is 0. The molecule has 76 heavy (non-hydrogen) atoms. The van der Waals surface area contributed by atoms with E-state index in [4.69, 9.17) is 14.2 Å². The van der Waals surface area contributed by atoms with Gasteiger partial charge >= 0.3 is 5.97 Å². The predicted octanol–water partition coefficient (Wildman–Crippen LogP) is 15.2. The van der Waals surface area contributed by atoms with Gasteiger partial charge in [-0.1, -0.05) is 249 Å². The molecule has 1 rings (SSSR count). The highest BCUT2D eigenvalue weighted by atomic mass is 16.7. The normalized spacial score (nSPS) is 19.4. The van der Waals surface area contributed by atoms with Crippen LogP contribution in [0.25, 0.3) is 0 Å². The van der Waals surface area contributed by atoms with E-state index in [-0.39, 0.29) is 19.4 Å². The molecule has 0 spiro atoms. The van der Waals surface area contributed by atoms with Crippen molar-refractivity contribution in [1.29, 1.82) is 0 Å². The zero-order valence-electron chi connectivity index (χ0n) is 49.1. The Labute approximate surface area is 466 Å². The molecule has 0 aromatic heterocycles. The van der Waals surface area contributed by atoms with E-state index >= 15 is 0 Å². The van der Waals surface area contributed by atoms with Gasteiger partial charge in [0.05, 0.1) is 25.4 Å². The average molecular weight is 1070 g/mol. The van der Waals surface area contributed by atoms with E-state index in [0.717, 1.165) is 83.5 Å². The van der Waals surface area contributed by atoms with Crippen LogP contribution < -0.4 is 5.32 Å². The summed E-state index contributed by atoms with van der Waals surface area (Å²) in [7, 11) is 0. The lowest BCUT2D eigenvalue weighted by Gasteiger charge is -2.41. The van der Waals surface area contributed by atoms with Gasteiger partial charge in [0.15, 0.2) is 12.4 Å². The molecule has 11 nitrogen and oxygen atoms in total. The molecule has 0 bridgehead atoms. The maximum atomic E-state index is 13.4. The van der Waals surface area contributed by atoms with Crippen LogP contribution in [-0.4, -0.2) is 99.6 Å². The summed E-state index contributed by atoms with van der Waals surface area (Å²) in [4.78, 5) is 26.5. The molecule has 0 aliphatic carbocycles. The van der Waals surface area contributed by atoms with Gasteiger partial charge < -0.3 is 45.1 Å². The summed E-state index contributed by atoms with van der Waals surface area (Å²) >= 11 is 0. The van der Waals surface area contributed by atoms with Crippen LogP contribution in [0.1, 0.15) is 290 Å². The minimum absolute atomic E-state index is 0.119. The van der Waals surface area contributed by atoms with Crippen LogP contribution in [0.15, 0.2) is 48.6 Å². The van der Waals surface area contributed by atoms with E-state index in [1.165, 1.54) is 161 Å². The number of allylic oxidation sites excluding steroid dienone is 7. The number of unbranched alkanes of at least 4 members (excludes halogenated alkanes) is 34. The van der Waals surface area contributed by atoms with Crippen LogP contribution in [0.2, 0.25) is 0 Å². The summed E-state index contributed by atoms with van der Waals surface area (Å²) in [6.07, 6.45) is 54.3. The lowest BCUT2D eigenvalue weighted by atomic mass is 9.99. The molecule has 6 N–H and O–H groups in total. The zero-order valence-corrected chi connectivity index (χ0v) is 49.1. The molecule has 1 fully saturated rings. The van der Waals surface area contributed by atoms with Crippen molar-refractivity contribution in [3.63, 3.8) is 0 Å². The third-order valence-corrected chi connectivity index (χ3v) is 15.0. The van der Waals surface area contributed by atoms with Crippen molar-refractivity contribution in [2.45, 2.75) is 339 Å². The van der Waals surface area contributed by atoms with Gasteiger partial charge in [-0.3, -0.25) is 9.59 Å². The lowest BCUT2D eigenvalue weighted by Crippen LogP contribution is -2.61. The number of amides is 1. The van der Waals surface area contributed by atoms with Crippen LogP contribution in [0.3, 0.4) is 0 Å². The van der Waals surface area contributed by atoms with Crippen LogP contribution in [0.5, 0.6) is 0 Å². The summed E-state index contributed by atoms with van der Waals surface area (Å²) in [6.45, 7) is 5.76. The van der Waals surface area contributed by atoms with Crippen LogP contribution >= 0.6 is 0 Å². The molecule has 0 aromatic rings. The molecule has 8 atom stereocenters. The molecule has 0 saturated carbocycles. The molecule has 8 unspecified atom stereocenters. The second kappa shape index (κ2) is 53.3. The Bertz CT molecular complexity index is 1420. The van der Waals surface area contributed by atoms with Gasteiger partial charge in [-0.25, -0.2) is 0 Å². The first kappa shape index (κ1) is 71.6. The van der Waals surface area contributed by atoms with E-state index in [9.17, 15) is 35.1 Å². The second-order valence-corrected chi connectivity index (χ2v) is 22.1. The number of rotatable bonds is 54. The first-order valence-corrected chi connectivity index (χ1v) is 31.9. The van der Waals surface area contributed by atoms with Crippen molar-refractivity contribution in [3.05, 3.63) is 48.6 Å². The monoisotopic (exact) mass is 1070 g/mol. The Morgan fingerprint density at radius 2 is 0.908 bits per heavy atom. The number of carbonyl (C=O) groups excluding carboxylic acids is 2. The van der Waals surface area contributed by atoms with E-state index in [2.05, 4.69) is 62.5 Å². The molecular formula is C65H119NO10. The number of carbonyl (C=O) groups is 2. The summed E-state index contributed by atoms with van der Waals surface area (Å²) in [5, 5.41) is 57.0. The van der Waals surface area contributed by atoms with Gasteiger partial charge in [-0.2, -0.15) is 0 Å². The van der Waals surface area contributed by atoms with Gasteiger partial charge in [0, 0.05) is 6.42 Å². The van der Waals surface area contributed by atoms with Crippen molar-refractivity contribution in [3.8, 4) is 0 Å². The standard InChI is InChI=1S/C65H119NO10/c1-4-7-10-13-16-19-22-25-27-28-29-30-31-33-34-37-40-43-46-49-52-58(69)64(73)66-56(57(68)51-48-45-42-39-36-24-21-18-15-12-9-6-3)55-74-65-63(62(72)61(71)59(54-67)75-65)76-60(70)53-50-47-44-41-38-35-32-26-23-20-17-14-11-8-5-2/h16,19-20,23,25,27,48,51,56-59,61-63,65,67-69,71-72H,4-15,17-18,21-22,24,26,28-47,49-50,52-55H2,1-3H3,(H,66,73)/b19-16-,23-20-,27-25-,51-48+. The average Bonchev–Trinajstić information content (AvgIpc) is 3.42. The number of ether oxygens (including phenoxy) is 3.